The fraction of sp³-hybridized carbons (Fsp3) is 0.556. The zero-order valence-electron chi connectivity index (χ0n) is 9.36. The second kappa shape index (κ2) is 4.74. The Hall–Kier alpha value is -1.57. The van der Waals surface area contributed by atoms with E-state index < -0.39 is 18.1 Å². The number of hydrogen-bond acceptors (Lipinski definition) is 5. The molecular formula is C9H13F3N4O. The van der Waals surface area contributed by atoms with Crippen molar-refractivity contribution in [3.05, 3.63) is 11.9 Å². The fourth-order valence-corrected chi connectivity index (χ4v) is 1.26. The third-order valence-corrected chi connectivity index (χ3v) is 1.92. The van der Waals surface area contributed by atoms with Gasteiger partial charge in [-0.3, -0.25) is 0 Å². The first kappa shape index (κ1) is 13.5. The van der Waals surface area contributed by atoms with E-state index in [-0.39, 0.29) is 18.2 Å². The van der Waals surface area contributed by atoms with Gasteiger partial charge in [0.05, 0.1) is 6.10 Å². The van der Waals surface area contributed by atoms with Crippen LogP contribution in [0.1, 0.15) is 12.7 Å². The Morgan fingerprint density at radius 1 is 1.47 bits per heavy atom. The van der Waals surface area contributed by atoms with Gasteiger partial charge < -0.3 is 15.7 Å². The Morgan fingerprint density at radius 2 is 2.06 bits per heavy atom. The maximum atomic E-state index is 12.4. The number of likely N-dealkylation sites (N-methyl/N-ethyl adjacent to an activating group) is 1. The van der Waals surface area contributed by atoms with E-state index in [2.05, 4.69) is 9.97 Å². The van der Waals surface area contributed by atoms with Gasteiger partial charge in [0.1, 0.15) is 11.6 Å². The summed E-state index contributed by atoms with van der Waals surface area (Å²) in [7, 11) is 1.51. The van der Waals surface area contributed by atoms with Gasteiger partial charge in [-0.05, 0) is 6.92 Å². The van der Waals surface area contributed by atoms with Crippen LogP contribution in [0.2, 0.25) is 0 Å². The molecule has 0 aliphatic rings. The maximum Gasteiger partial charge on any atom is 0.451 e. The van der Waals surface area contributed by atoms with E-state index in [1.54, 1.807) is 0 Å². The van der Waals surface area contributed by atoms with Gasteiger partial charge in [0.25, 0.3) is 0 Å². The van der Waals surface area contributed by atoms with E-state index in [9.17, 15) is 13.2 Å². The normalized spacial score (nSPS) is 13.5. The number of aromatic nitrogens is 2. The van der Waals surface area contributed by atoms with Crippen molar-refractivity contribution in [2.75, 3.05) is 24.2 Å². The van der Waals surface area contributed by atoms with Gasteiger partial charge in [-0.25, -0.2) is 9.97 Å². The SMILES string of the molecule is CC(O)CN(C)c1cc(N)nc(C(F)(F)F)n1. The van der Waals surface area contributed by atoms with E-state index >= 15 is 0 Å². The summed E-state index contributed by atoms with van der Waals surface area (Å²) >= 11 is 0. The van der Waals surface area contributed by atoms with Crippen LogP contribution >= 0.6 is 0 Å². The summed E-state index contributed by atoms with van der Waals surface area (Å²) in [5, 5.41) is 9.14. The standard InChI is InChI=1S/C9H13F3N4O/c1-5(17)4-16(2)7-3-6(13)14-8(15-7)9(10,11)12/h3,5,17H,4H2,1-2H3,(H2,13,14,15). The number of alkyl halides is 3. The highest BCUT2D eigenvalue weighted by Crippen LogP contribution is 2.28. The minimum atomic E-state index is -4.64. The highest BCUT2D eigenvalue weighted by molar-refractivity contribution is 5.46. The summed E-state index contributed by atoms with van der Waals surface area (Å²) in [5.74, 6) is -1.53. The molecule has 1 rings (SSSR count). The lowest BCUT2D eigenvalue weighted by Gasteiger charge is -2.20. The molecule has 0 fully saturated rings. The predicted octanol–water partition coefficient (Wildman–Crippen LogP) is 0.895. The minimum absolute atomic E-state index is 0.0192. The zero-order valence-corrected chi connectivity index (χ0v) is 9.36. The van der Waals surface area contributed by atoms with Crippen molar-refractivity contribution < 1.29 is 18.3 Å². The van der Waals surface area contributed by atoms with Crippen molar-refractivity contribution in [2.45, 2.75) is 19.2 Å². The molecule has 1 atom stereocenters. The molecule has 5 nitrogen and oxygen atoms in total. The summed E-state index contributed by atoms with van der Waals surface area (Å²) in [6, 6.07) is 1.22. The molecule has 1 aromatic heterocycles. The van der Waals surface area contributed by atoms with Gasteiger partial charge in [0.2, 0.25) is 5.82 Å². The number of nitrogens with two attached hydrogens (primary N) is 1. The van der Waals surface area contributed by atoms with Gasteiger partial charge in [-0.2, -0.15) is 13.2 Å². The van der Waals surface area contributed by atoms with Gasteiger partial charge in [-0.1, -0.05) is 0 Å². The lowest BCUT2D eigenvalue weighted by molar-refractivity contribution is -0.144. The summed E-state index contributed by atoms with van der Waals surface area (Å²) in [4.78, 5) is 7.85. The molecule has 0 saturated heterocycles. The number of nitrogen functional groups attached to an aromatic ring is 1. The molecule has 0 radical (unpaired) electrons. The summed E-state index contributed by atoms with van der Waals surface area (Å²) < 4.78 is 37.3. The van der Waals surface area contributed by atoms with Crippen molar-refractivity contribution in [1.82, 2.24) is 9.97 Å². The van der Waals surface area contributed by atoms with Crippen LogP contribution in [0.25, 0.3) is 0 Å². The molecular weight excluding hydrogens is 237 g/mol. The fourth-order valence-electron chi connectivity index (χ4n) is 1.26. The van der Waals surface area contributed by atoms with E-state index in [1.807, 2.05) is 0 Å². The first-order chi connectivity index (χ1) is 7.70. The number of rotatable bonds is 3. The van der Waals surface area contributed by atoms with E-state index in [4.69, 9.17) is 10.8 Å². The number of anilines is 2. The minimum Gasteiger partial charge on any atom is -0.392 e. The second-order valence-corrected chi connectivity index (χ2v) is 3.70. The molecule has 0 aliphatic carbocycles. The molecule has 0 aliphatic heterocycles. The Labute approximate surface area is 96.1 Å². The quantitative estimate of drug-likeness (QED) is 0.833. The van der Waals surface area contributed by atoms with Crippen LogP contribution in [0.5, 0.6) is 0 Å². The van der Waals surface area contributed by atoms with Crippen molar-refractivity contribution in [3.8, 4) is 0 Å². The maximum absolute atomic E-state index is 12.4. The molecule has 1 aromatic rings. The van der Waals surface area contributed by atoms with E-state index in [0.29, 0.717) is 0 Å². The first-order valence-corrected chi connectivity index (χ1v) is 4.81. The number of aliphatic hydroxyl groups is 1. The number of aliphatic hydroxyl groups excluding tert-OH is 1. The molecule has 0 saturated carbocycles. The van der Waals surface area contributed by atoms with Crippen LogP contribution in [0.3, 0.4) is 0 Å². The van der Waals surface area contributed by atoms with Crippen LogP contribution in [-0.4, -0.2) is 34.8 Å². The van der Waals surface area contributed by atoms with Gasteiger partial charge in [0.15, 0.2) is 0 Å². The van der Waals surface area contributed by atoms with Crippen molar-refractivity contribution in [2.24, 2.45) is 0 Å². The Balaban J connectivity index is 3.05. The molecule has 96 valence electrons. The predicted molar refractivity (Wildman–Crippen MR) is 56.4 cm³/mol. The third-order valence-electron chi connectivity index (χ3n) is 1.92. The lowest BCUT2D eigenvalue weighted by Crippen LogP contribution is -2.28. The summed E-state index contributed by atoms with van der Waals surface area (Å²) in [6.45, 7) is 1.67. The van der Waals surface area contributed by atoms with Crippen molar-refractivity contribution in [3.63, 3.8) is 0 Å². The first-order valence-electron chi connectivity index (χ1n) is 4.81. The smallest absolute Gasteiger partial charge is 0.392 e. The van der Waals surface area contributed by atoms with Gasteiger partial charge in [-0.15, -0.1) is 0 Å². The second-order valence-electron chi connectivity index (χ2n) is 3.70. The van der Waals surface area contributed by atoms with Crippen LogP contribution in [-0.2, 0) is 6.18 Å². The molecule has 3 N–H and O–H groups in total. The number of nitrogens with zero attached hydrogens (tertiary/aromatic N) is 3. The topological polar surface area (TPSA) is 75.3 Å². The van der Waals surface area contributed by atoms with Crippen molar-refractivity contribution in [1.29, 1.82) is 0 Å². The Morgan fingerprint density at radius 3 is 2.53 bits per heavy atom. The molecule has 0 bridgehead atoms. The number of hydrogen-bond donors (Lipinski definition) is 2. The Kier molecular flexibility index (Phi) is 3.76. The van der Waals surface area contributed by atoms with Crippen molar-refractivity contribution >= 4 is 11.6 Å². The van der Waals surface area contributed by atoms with E-state index in [1.165, 1.54) is 24.9 Å². The number of halogens is 3. The highest BCUT2D eigenvalue weighted by atomic mass is 19.4. The summed E-state index contributed by atoms with van der Waals surface area (Å²) in [6.07, 6.45) is -5.33. The van der Waals surface area contributed by atoms with Gasteiger partial charge in [0, 0.05) is 19.7 Å². The van der Waals surface area contributed by atoms with E-state index in [0.717, 1.165) is 0 Å². The average molecular weight is 250 g/mol. The molecule has 17 heavy (non-hydrogen) atoms. The van der Waals surface area contributed by atoms with Crippen LogP contribution in [0.15, 0.2) is 6.07 Å². The highest BCUT2D eigenvalue weighted by Gasteiger charge is 2.35. The van der Waals surface area contributed by atoms with Gasteiger partial charge >= 0.3 is 6.18 Å². The summed E-state index contributed by atoms with van der Waals surface area (Å²) in [5.41, 5.74) is 5.28. The van der Waals surface area contributed by atoms with Crippen LogP contribution in [0, 0.1) is 0 Å². The largest absolute Gasteiger partial charge is 0.451 e. The molecule has 1 unspecified atom stereocenters. The third kappa shape index (κ3) is 3.74. The van der Waals surface area contributed by atoms with Crippen LogP contribution < -0.4 is 10.6 Å². The monoisotopic (exact) mass is 250 g/mol. The molecule has 0 aromatic carbocycles. The molecule has 8 heteroatoms. The molecule has 0 spiro atoms. The Bertz CT molecular complexity index is 394. The molecule has 0 amide bonds. The average Bonchev–Trinajstić information content (AvgIpc) is 2.14. The molecule has 1 heterocycles. The lowest BCUT2D eigenvalue weighted by atomic mass is 10.3. The zero-order chi connectivity index (χ0) is 13.2. The van der Waals surface area contributed by atoms with Crippen LogP contribution in [0.4, 0.5) is 24.8 Å².